The maximum Gasteiger partial charge on any atom is 0.224 e. The van der Waals surface area contributed by atoms with Gasteiger partial charge < -0.3 is 10.4 Å². The van der Waals surface area contributed by atoms with Gasteiger partial charge in [0.25, 0.3) is 0 Å². The van der Waals surface area contributed by atoms with Gasteiger partial charge in [0.2, 0.25) is 5.91 Å². The average molecular weight is 367 g/mol. The monoisotopic (exact) mass is 367 g/mol. The van der Waals surface area contributed by atoms with Crippen LogP contribution in [-0.4, -0.2) is 11.0 Å². The Labute approximate surface area is 164 Å². The summed E-state index contributed by atoms with van der Waals surface area (Å²) in [4.78, 5) is 12.2. The number of aryl methyl sites for hydroxylation is 1. The first-order chi connectivity index (χ1) is 13.7. The molecule has 0 fully saturated rings. The summed E-state index contributed by atoms with van der Waals surface area (Å²) in [5.74, 6) is 0.287. The van der Waals surface area contributed by atoms with E-state index >= 15 is 0 Å². The predicted molar refractivity (Wildman–Crippen MR) is 114 cm³/mol. The molecule has 0 aliphatic heterocycles. The Balaban J connectivity index is 1.42. The summed E-state index contributed by atoms with van der Waals surface area (Å²) < 4.78 is 0. The molecule has 3 nitrogen and oxygen atoms in total. The number of amides is 1. The van der Waals surface area contributed by atoms with Crippen LogP contribution in [0.15, 0.2) is 91.0 Å². The second kappa shape index (κ2) is 7.97. The van der Waals surface area contributed by atoms with Crippen molar-refractivity contribution in [3.8, 4) is 16.9 Å². The zero-order valence-electron chi connectivity index (χ0n) is 15.4. The summed E-state index contributed by atoms with van der Waals surface area (Å²) in [6.45, 7) is 0. The predicted octanol–water partition coefficient (Wildman–Crippen LogP) is 5.78. The highest BCUT2D eigenvalue weighted by molar-refractivity contribution is 5.92. The van der Waals surface area contributed by atoms with Crippen LogP contribution in [0.4, 0.5) is 5.69 Å². The SMILES string of the molecule is O=C(CCc1ccccc1)Nc1ccc(-c2ccc3cc(O)ccc3c2)cc1. The fourth-order valence-corrected chi connectivity index (χ4v) is 3.28. The highest BCUT2D eigenvalue weighted by Crippen LogP contribution is 2.27. The number of carbonyl (C=O) groups is 1. The van der Waals surface area contributed by atoms with Crippen LogP contribution in [0.2, 0.25) is 0 Å². The van der Waals surface area contributed by atoms with Gasteiger partial charge in [0.05, 0.1) is 0 Å². The molecule has 0 bridgehead atoms. The van der Waals surface area contributed by atoms with Crippen molar-refractivity contribution in [2.24, 2.45) is 0 Å². The molecule has 0 spiro atoms. The molecule has 0 saturated heterocycles. The third-order valence-corrected chi connectivity index (χ3v) is 4.81. The number of anilines is 1. The molecule has 2 N–H and O–H groups in total. The molecule has 138 valence electrons. The second-order valence-corrected chi connectivity index (χ2v) is 6.86. The fourth-order valence-electron chi connectivity index (χ4n) is 3.28. The van der Waals surface area contributed by atoms with Crippen LogP contribution in [0.3, 0.4) is 0 Å². The molecule has 0 radical (unpaired) electrons. The molecule has 28 heavy (non-hydrogen) atoms. The summed E-state index contributed by atoms with van der Waals surface area (Å²) in [7, 11) is 0. The number of fused-ring (bicyclic) bond motifs is 1. The second-order valence-electron chi connectivity index (χ2n) is 6.86. The molecule has 0 aliphatic carbocycles. The molecular weight excluding hydrogens is 346 g/mol. The quantitative estimate of drug-likeness (QED) is 0.469. The number of hydrogen-bond acceptors (Lipinski definition) is 2. The third-order valence-electron chi connectivity index (χ3n) is 4.81. The Morgan fingerprint density at radius 3 is 2.21 bits per heavy atom. The molecule has 0 heterocycles. The van der Waals surface area contributed by atoms with Crippen molar-refractivity contribution in [2.45, 2.75) is 12.8 Å². The lowest BCUT2D eigenvalue weighted by atomic mass is 10.0. The van der Waals surface area contributed by atoms with Crippen molar-refractivity contribution in [3.05, 3.63) is 96.6 Å². The van der Waals surface area contributed by atoms with Gasteiger partial charge in [-0.15, -0.1) is 0 Å². The first-order valence-electron chi connectivity index (χ1n) is 9.34. The van der Waals surface area contributed by atoms with Crippen LogP contribution < -0.4 is 5.32 Å². The van der Waals surface area contributed by atoms with E-state index in [0.29, 0.717) is 6.42 Å². The van der Waals surface area contributed by atoms with Crippen LogP contribution in [0.5, 0.6) is 5.75 Å². The van der Waals surface area contributed by atoms with Crippen molar-refractivity contribution in [3.63, 3.8) is 0 Å². The highest BCUT2D eigenvalue weighted by Gasteiger charge is 2.05. The minimum absolute atomic E-state index is 0.0158. The summed E-state index contributed by atoms with van der Waals surface area (Å²) in [5, 5.41) is 14.6. The van der Waals surface area contributed by atoms with Crippen LogP contribution >= 0.6 is 0 Å². The lowest BCUT2D eigenvalue weighted by Crippen LogP contribution is -2.12. The van der Waals surface area contributed by atoms with E-state index in [0.717, 1.165) is 39.6 Å². The average Bonchev–Trinajstić information content (AvgIpc) is 2.73. The highest BCUT2D eigenvalue weighted by atomic mass is 16.3. The summed E-state index contributed by atoms with van der Waals surface area (Å²) in [6.07, 6.45) is 1.20. The molecule has 0 saturated carbocycles. The normalized spacial score (nSPS) is 10.7. The van der Waals surface area contributed by atoms with Crippen LogP contribution in [0.1, 0.15) is 12.0 Å². The zero-order valence-corrected chi connectivity index (χ0v) is 15.4. The van der Waals surface area contributed by atoms with Gasteiger partial charge in [-0.1, -0.05) is 60.7 Å². The number of nitrogens with one attached hydrogen (secondary N) is 1. The molecule has 4 aromatic carbocycles. The van der Waals surface area contributed by atoms with E-state index in [1.807, 2.05) is 72.8 Å². The Morgan fingerprint density at radius 1 is 0.750 bits per heavy atom. The van der Waals surface area contributed by atoms with E-state index < -0.39 is 0 Å². The van der Waals surface area contributed by atoms with Gasteiger partial charge in [-0.2, -0.15) is 0 Å². The number of phenolic OH excluding ortho intramolecular Hbond substituents is 1. The molecule has 1 amide bonds. The zero-order chi connectivity index (χ0) is 19.3. The molecule has 0 aromatic heterocycles. The topological polar surface area (TPSA) is 49.3 Å². The van der Waals surface area contributed by atoms with Gasteiger partial charge in [-0.25, -0.2) is 0 Å². The molecule has 4 rings (SSSR count). The van der Waals surface area contributed by atoms with Crippen molar-refractivity contribution >= 4 is 22.4 Å². The third kappa shape index (κ3) is 4.21. The number of carbonyl (C=O) groups excluding carboxylic acids is 1. The lowest BCUT2D eigenvalue weighted by Gasteiger charge is -2.08. The Morgan fingerprint density at radius 2 is 1.43 bits per heavy atom. The number of rotatable bonds is 5. The van der Waals surface area contributed by atoms with Crippen LogP contribution in [0.25, 0.3) is 21.9 Å². The first-order valence-corrected chi connectivity index (χ1v) is 9.34. The molecule has 0 aliphatic rings. The minimum Gasteiger partial charge on any atom is -0.508 e. The first kappa shape index (κ1) is 17.8. The summed E-state index contributed by atoms with van der Waals surface area (Å²) in [6, 6.07) is 29.4. The van der Waals surface area contributed by atoms with Gasteiger partial charge in [-0.3, -0.25) is 4.79 Å². The molecule has 3 heteroatoms. The number of aromatic hydroxyl groups is 1. The largest absolute Gasteiger partial charge is 0.508 e. The van der Waals surface area contributed by atoms with Crippen LogP contribution in [0, 0.1) is 0 Å². The van der Waals surface area contributed by atoms with E-state index in [-0.39, 0.29) is 11.7 Å². The van der Waals surface area contributed by atoms with E-state index in [4.69, 9.17) is 0 Å². The van der Waals surface area contributed by atoms with E-state index in [1.165, 1.54) is 0 Å². The van der Waals surface area contributed by atoms with Gasteiger partial charge in [0.15, 0.2) is 0 Å². The Kier molecular flexibility index (Phi) is 5.07. The lowest BCUT2D eigenvalue weighted by molar-refractivity contribution is -0.116. The van der Waals surface area contributed by atoms with Gasteiger partial charge in [0.1, 0.15) is 5.75 Å². The summed E-state index contributed by atoms with van der Waals surface area (Å²) in [5.41, 5.74) is 4.14. The van der Waals surface area contributed by atoms with Crippen molar-refractivity contribution in [1.82, 2.24) is 0 Å². The maximum absolute atomic E-state index is 12.2. The van der Waals surface area contributed by atoms with E-state index in [1.54, 1.807) is 12.1 Å². The van der Waals surface area contributed by atoms with Crippen LogP contribution in [-0.2, 0) is 11.2 Å². The van der Waals surface area contributed by atoms with E-state index in [9.17, 15) is 9.90 Å². The van der Waals surface area contributed by atoms with Crippen molar-refractivity contribution in [1.29, 1.82) is 0 Å². The standard InChI is InChI=1S/C25H21NO2/c27-24-14-11-21-16-20(7-8-22(21)17-24)19-9-12-23(13-10-19)26-25(28)15-6-18-4-2-1-3-5-18/h1-5,7-14,16-17,27H,6,15H2,(H,26,28). The molecule has 4 aromatic rings. The number of phenols is 1. The molecule has 0 atom stereocenters. The fraction of sp³-hybridized carbons (Fsp3) is 0.0800. The Bertz CT molecular complexity index is 1100. The summed E-state index contributed by atoms with van der Waals surface area (Å²) >= 11 is 0. The maximum atomic E-state index is 12.2. The molecular formula is C25H21NO2. The van der Waals surface area contributed by atoms with E-state index in [2.05, 4.69) is 11.4 Å². The smallest absolute Gasteiger partial charge is 0.224 e. The van der Waals surface area contributed by atoms with Gasteiger partial charge in [-0.05, 0) is 64.2 Å². The van der Waals surface area contributed by atoms with Crippen molar-refractivity contribution in [2.75, 3.05) is 5.32 Å². The number of benzene rings is 4. The molecule has 0 unspecified atom stereocenters. The minimum atomic E-state index is 0.0158. The van der Waals surface area contributed by atoms with Crippen molar-refractivity contribution < 1.29 is 9.90 Å². The number of hydrogen-bond donors (Lipinski definition) is 2. The van der Waals surface area contributed by atoms with Gasteiger partial charge in [0, 0.05) is 12.1 Å². The Hall–Kier alpha value is -3.59. The van der Waals surface area contributed by atoms with Gasteiger partial charge >= 0.3 is 0 Å².